The largest absolute Gasteiger partial charge is 0.389 e. The fraction of sp³-hybridized carbons (Fsp3) is 0.312. The molecular weight excluding hydrogens is 236 g/mol. The zero-order chi connectivity index (χ0) is 13.8. The number of anilines is 2. The molecule has 0 aliphatic heterocycles. The summed E-state index contributed by atoms with van der Waals surface area (Å²) in [6, 6.07) is 12.2. The minimum absolute atomic E-state index is 0.474. The highest BCUT2D eigenvalue weighted by atomic mass is 16.3. The molecule has 0 aliphatic carbocycles. The molecule has 2 rings (SSSR count). The molecule has 1 atom stereocenters. The molecule has 0 radical (unpaired) electrons. The third-order valence-corrected chi connectivity index (χ3v) is 3.19. The van der Waals surface area contributed by atoms with E-state index in [0.29, 0.717) is 0 Å². The SMILES string of the molecule is CCN(c1ccc(C)cc1)c1cc([C@@H](C)O)ccn1. The van der Waals surface area contributed by atoms with Crippen molar-refractivity contribution in [3.05, 3.63) is 53.7 Å². The van der Waals surface area contributed by atoms with Crippen molar-refractivity contribution >= 4 is 11.5 Å². The molecular formula is C16H20N2O. The van der Waals surface area contributed by atoms with Crippen molar-refractivity contribution in [1.82, 2.24) is 4.98 Å². The number of rotatable bonds is 4. The summed E-state index contributed by atoms with van der Waals surface area (Å²) in [5.74, 6) is 0.866. The molecule has 3 nitrogen and oxygen atoms in total. The van der Waals surface area contributed by atoms with Gasteiger partial charge < -0.3 is 10.0 Å². The summed E-state index contributed by atoms with van der Waals surface area (Å²) in [6.45, 7) is 6.77. The van der Waals surface area contributed by atoms with Crippen LogP contribution in [0, 0.1) is 6.92 Å². The first kappa shape index (κ1) is 13.6. The number of pyridine rings is 1. The molecule has 19 heavy (non-hydrogen) atoms. The predicted molar refractivity (Wildman–Crippen MR) is 78.7 cm³/mol. The number of aliphatic hydroxyl groups is 1. The first-order valence-electron chi connectivity index (χ1n) is 6.60. The van der Waals surface area contributed by atoms with Gasteiger partial charge in [-0.2, -0.15) is 0 Å². The molecule has 0 saturated carbocycles. The third-order valence-electron chi connectivity index (χ3n) is 3.19. The molecule has 0 fully saturated rings. The molecule has 1 heterocycles. The monoisotopic (exact) mass is 256 g/mol. The van der Waals surface area contributed by atoms with Crippen molar-refractivity contribution in [3.8, 4) is 0 Å². The maximum atomic E-state index is 9.66. The lowest BCUT2D eigenvalue weighted by molar-refractivity contribution is 0.199. The lowest BCUT2D eigenvalue weighted by atomic mass is 10.1. The van der Waals surface area contributed by atoms with E-state index in [0.717, 1.165) is 23.6 Å². The summed E-state index contributed by atoms with van der Waals surface area (Å²) < 4.78 is 0. The van der Waals surface area contributed by atoms with Crippen LogP contribution >= 0.6 is 0 Å². The zero-order valence-electron chi connectivity index (χ0n) is 11.7. The van der Waals surface area contributed by atoms with Crippen LogP contribution in [0.5, 0.6) is 0 Å². The summed E-state index contributed by atoms with van der Waals surface area (Å²) in [5, 5.41) is 9.66. The number of benzene rings is 1. The van der Waals surface area contributed by atoms with E-state index in [1.807, 2.05) is 12.1 Å². The van der Waals surface area contributed by atoms with Crippen LogP contribution in [0.2, 0.25) is 0 Å². The van der Waals surface area contributed by atoms with Gasteiger partial charge in [0, 0.05) is 18.4 Å². The highest BCUT2D eigenvalue weighted by Gasteiger charge is 2.10. The Labute approximate surface area is 114 Å². The van der Waals surface area contributed by atoms with Gasteiger partial charge in [-0.3, -0.25) is 0 Å². The van der Waals surface area contributed by atoms with Crippen molar-refractivity contribution < 1.29 is 5.11 Å². The van der Waals surface area contributed by atoms with E-state index in [1.54, 1.807) is 13.1 Å². The molecule has 0 saturated heterocycles. The normalized spacial score (nSPS) is 12.2. The Morgan fingerprint density at radius 2 is 1.89 bits per heavy atom. The van der Waals surface area contributed by atoms with Crippen LogP contribution in [0.4, 0.5) is 11.5 Å². The Morgan fingerprint density at radius 3 is 2.47 bits per heavy atom. The van der Waals surface area contributed by atoms with Crippen LogP contribution in [0.25, 0.3) is 0 Å². The second kappa shape index (κ2) is 5.85. The lowest BCUT2D eigenvalue weighted by Crippen LogP contribution is -2.17. The number of hydrogen-bond donors (Lipinski definition) is 1. The minimum atomic E-state index is -0.474. The maximum Gasteiger partial charge on any atom is 0.133 e. The lowest BCUT2D eigenvalue weighted by Gasteiger charge is -2.23. The van der Waals surface area contributed by atoms with Gasteiger partial charge >= 0.3 is 0 Å². The van der Waals surface area contributed by atoms with Crippen molar-refractivity contribution in [3.63, 3.8) is 0 Å². The van der Waals surface area contributed by atoms with E-state index in [-0.39, 0.29) is 0 Å². The van der Waals surface area contributed by atoms with Crippen LogP contribution in [-0.4, -0.2) is 16.6 Å². The average molecular weight is 256 g/mol. The Hall–Kier alpha value is -1.87. The molecule has 0 spiro atoms. The molecule has 0 bridgehead atoms. The molecule has 1 aromatic carbocycles. The van der Waals surface area contributed by atoms with Gasteiger partial charge in [-0.05, 0) is 50.6 Å². The van der Waals surface area contributed by atoms with Crippen molar-refractivity contribution in [2.75, 3.05) is 11.4 Å². The summed E-state index contributed by atoms with van der Waals surface area (Å²) in [5.41, 5.74) is 3.24. The average Bonchev–Trinajstić information content (AvgIpc) is 2.42. The van der Waals surface area contributed by atoms with Crippen molar-refractivity contribution in [2.24, 2.45) is 0 Å². The Bertz CT molecular complexity index is 535. The van der Waals surface area contributed by atoms with Crippen molar-refractivity contribution in [1.29, 1.82) is 0 Å². The Morgan fingerprint density at radius 1 is 1.21 bits per heavy atom. The van der Waals surface area contributed by atoms with E-state index in [1.165, 1.54) is 5.56 Å². The smallest absolute Gasteiger partial charge is 0.133 e. The number of aryl methyl sites for hydroxylation is 1. The highest BCUT2D eigenvalue weighted by molar-refractivity contribution is 5.60. The quantitative estimate of drug-likeness (QED) is 0.908. The molecule has 100 valence electrons. The molecule has 3 heteroatoms. The Kier molecular flexibility index (Phi) is 4.17. The molecule has 1 N–H and O–H groups in total. The minimum Gasteiger partial charge on any atom is -0.389 e. The van der Waals surface area contributed by atoms with Gasteiger partial charge in [-0.25, -0.2) is 4.98 Å². The van der Waals surface area contributed by atoms with Gasteiger partial charge in [0.1, 0.15) is 5.82 Å². The van der Waals surface area contributed by atoms with E-state index >= 15 is 0 Å². The van der Waals surface area contributed by atoms with Crippen LogP contribution in [-0.2, 0) is 0 Å². The first-order chi connectivity index (χ1) is 9.11. The molecule has 0 aliphatic rings. The molecule has 0 amide bonds. The van der Waals surface area contributed by atoms with Crippen LogP contribution in [0.3, 0.4) is 0 Å². The third kappa shape index (κ3) is 3.12. The van der Waals surface area contributed by atoms with Crippen LogP contribution in [0.1, 0.15) is 31.1 Å². The van der Waals surface area contributed by atoms with Gasteiger partial charge in [0.15, 0.2) is 0 Å². The summed E-state index contributed by atoms with van der Waals surface area (Å²) in [4.78, 5) is 6.54. The fourth-order valence-electron chi connectivity index (χ4n) is 2.04. The van der Waals surface area contributed by atoms with Gasteiger partial charge in [-0.1, -0.05) is 17.7 Å². The molecule has 1 aromatic heterocycles. The van der Waals surface area contributed by atoms with Gasteiger partial charge in [0.2, 0.25) is 0 Å². The zero-order valence-corrected chi connectivity index (χ0v) is 11.7. The number of nitrogens with zero attached hydrogens (tertiary/aromatic N) is 2. The predicted octanol–water partition coefficient (Wildman–Crippen LogP) is 3.60. The molecule has 2 aromatic rings. The van der Waals surface area contributed by atoms with E-state index < -0.39 is 6.10 Å². The summed E-state index contributed by atoms with van der Waals surface area (Å²) in [7, 11) is 0. The van der Waals surface area contributed by atoms with Gasteiger partial charge in [-0.15, -0.1) is 0 Å². The fourth-order valence-corrected chi connectivity index (χ4v) is 2.04. The first-order valence-corrected chi connectivity index (χ1v) is 6.60. The summed E-state index contributed by atoms with van der Waals surface area (Å²) >= 11 is 0. The second-order valence-electron chi connectivity index (χ2n) is 4.70. The topological polar surface area (TPSA) is 36.4 Å². The van der Waals surface area contributed by atoms with Gasteiger partial charge in [0.05, 0.1) is 6.10 Å². The van der Waals surface area contributed by atoms with E-state index in [9.17, 15) is 5.11 Å². The highest BCUT2D eigenvalue weighted by Crippen LogP contribution is 2.25. The van der Waals surface area contributed by atoms with Crippen molar-refractivity contribution in [2.45, 2.75) is 26.9 Å². The van der Waals surface area contributed by atoms with Crippen LogP contribution < -0.4 is 4.90 Å². The summed E-state index contributed by atoms with van der Waals surface area (Å²) in [6.07, 6.45) is 1.27. The standard InChI is InChI=1S/C16H20N2O/c1-4-18(15-7-5-12(2)6-8-15)16-11-14(13(3)19)9-10-17-16/h5-11,13,19H,4H2,1-3H3/t13-/m1/s1. The number of hydrogen-bond acceptors (Lipinski definition) is 3. The van der Waals surface area contributed by atoms with Gasteiger partial charge in [0.25, 0.3) is 0 Å². The van der Waals surface area contributed by atoms with E-state index in [4.69, 9.17) is 0 Å². The second-order valence-corrected chi connectivity index (χ2v) is 4.70. The van der Waals surface area contributed by atoms with Crippen LogP contribution in [0.15, 0.2) is 42.6 Å². The number of aliphatic hydroxyl groups excluding tert-OH is 1. The van der Waals surface area contributed by atoms with E-state index in [2.05, 4.69) is 48.0 Å². The molecule has 0 unspecified atom stereocenters. The number of aromatic nitrogens is 1. The maximum absolute atomic E-state index is 9.66. The Balaban J connectivity index is 2.36.